The highest BCUT2D eigenvalue weighted by Crippen LogP contribution is 1.89. The minimum absolute atomic E-state index is 0.729. The van der Waals surface area contributed by atoms with Gasteiger partial charge in [-0.2, -0.15) is 0 Å². The maximum absolute atomic E-state index is 5.28. The van der Waals surface area contributed by atoms with Gasteiger partial charge in [-0.05, 0) is 19.4 Å². The molecular formula is C6H14N2S. The van der Waals surface area contributed by atoms with E-state index < -0.39 is 0 Å². The van der Waals surface area contributed by atoms with E-state index in [1.807, 2.05) is 0 Å². The van der Waals surface area contributed by atoms with Crippen molar-refractivity contribution in [1.82, 2.24) is 5.32 Å². The molecule has 0 atom stereocenters. The number of hydrogen-bond donors (Lipinski definition) is 3. The standard InChI is InChI=1S/C6H14N2S/c1-6(9)8-5-3-2-4-7/h8-9H,1-5,7H2. The molecule has 0 aromatic carbocycles. The number of nitrogens with two attached hydrogens (primary N) is 1. The molecule has 0 fully saturated rings. The molecule has 0 amide bonds. The summed E-state index contributed by atoms with van der Waals surface area (Å²) in [6.45, 7) is 5.27. The molecule has 0 spiro atoms. The van der Waals surface area contributed by atoms with Crippen molar-refractivity contribution in [3.8, 4) is 0 Å². The van der Waals surface area contributed by atoms with Gasteiger partial charge in [-0.25, -0.2) is 0 Å². The molecule has 0 aliphatic heterocycles. The van der Waals surface area contributed by atoms with Gasteiger partial charge < -0.3 is 11.1 Å². The molecule has 54 valence electrons. The maximum Gasteiger partial charge on any atom is 0.0577 e. The number of unbranched alkanes of at least 4 members (excludes halogenated alkanes) is 1. The number of hydrogen-bond acceptors (Lipinski definition) is 3. The highest BCUT2D eigenvalue weighted by Gasteiger charge is 1.84. The van der Waals surface area contributed by atoms with Crippen LogP contribution in [0, 0.1) is 0 Å². The molecule has 0 heterocycles. The molecule has 2 nitrogen and oxygen atoms in total. The van der Waals surface area contributed by atoms with Gasteiger partial charge >= 0.3 is 0 Å². The third-order valence-corrected chi connectivity index (χ3v) is 1.12. The van der Waals surface area contributed by atoms with Crippen LogP contribution in [0.4, 0.5) is 0 Å². The van der Waals surface area contributed by atoms with Crippen LogP contribution in [0.5, 0.6) is 0 Å². The molecule has 9 heavy (non-hydrogen) atoms. The Labute approximate surface area is 61.9 Å². The van der Waals surface area contributed by atoms with Gasteiger partial charge in [-0.1, -0.05) is 6.58 Å². The van der Waals surface area contributed by atoms with Crippen molar-refractivity contribution >= 4 is 12.6 Å². The summed E-state index contributed by atoms with van der Waals surface area (Å²) in [4.78, 5) is 0. The van der Waals surface area contributed by atoms with E-state index in [4.69, 9.17) is 5.73 Å². The zero-order chi connectivity index (χ0) is 7.11. The first-order valence-electron chi connectivity index (χ1n) is 3.09. The molecule has 3 heteroatoms. The summed E-state index contributed by atoms with van der Waals surface area (Å²) >= 11 is 3.96. The van der Waals surface area contributed by atoms with Gasteiger partial charge in [0.1, 0.15) is 0 Å². The first-order chi connectivity index (χ1) is 4.27. The Morgan fingerprint density at radius 2 is 2.22 bits per heavy atom. The summed E-state index contributed by atoms with van der Waals surface area (Å²) in [5.41, 5.74) is 5.28. The molecule has 0 aromatic heterocycles. The molecule has 0 saturated heterocycles. The number of nitrogens with one attached hydrogen (secondary N) is 1. The average molecular weight is 146 g/mol. The largest absolute Gasteiger partial charge is 0.381 e. The van der Waals surface area contributed by atoms with Gasteiger partial charge in [0, 0.05) is 6.54 Å². The number of rotatable bonds is 5. The Balaban J connectivity index is 2.83. The molecule has 0 aliphatic rings. The van der Waals surface area contributed by atoms with Gasteiger partial charge in [-0.3, -0.25) is 0 Å². The summed E-state index contributed by atoms with van der Waals surface area (Å²) < 4.78 is 0. The zero-order valence-electron chi connectivity index (χ0n) is 5.56. The van der Waals surface area contributed by atoms with E-state index in [1.54, 1.807) is 0 Å². The normalized spacial score (nSPS) is 9.11. The summed E-state index contributed by atoms with van der Waals surface area (Å²) in [7, 11) is 0. The second-order valence-corrected chi connectivity index (χ2v) is 2.41. The van der Waals surface area contributed by atoms with Crippen molar-refractivity contribution in [1.29, 1.82) is 0 Å². The smallest absolute Gasteiger partial charge is 0.0577 e. The second kappa shape index (κ2) is 5.98. The molecule has 0 aliphatic carbocycles. The van der Waals surface area contributed by atoms with Crippen LogP contribution in [0.25, 0.3) is 0 Å². The highest BCUT2D eigenvalue weighted by molar-refractivity contribution is 7.84. The van der Waals surface area contributed by atoms with Crippen LogP contribution in [-0.4, -0.2) is 13.1 Å². The molecule has 3 N–H and O–H groups in total. The minimum atomic E-state index is 0.729. The third-order valence-electron chi connectivity index (χ3n) is 0.960. The Kier molecular flexibility index (Phi) is 5.88. The molecule has 0 aromatic rings. The van der Waals surface area contributed by atoms with Crippen molar-refractivity contribution in [3.63, 3.8) is 0 Å². The van der Waals surface area contributed by atoms with Crippen LogP contribution in [0.15, 0.2) is 11.6 Å². The molecule has 0 bridgehead atoms. The lowest BCUT2D eigenvalue weighted by Gasteiger charge is -2.01. The van der Waals surface area contributed by atoms with Crippen LogP contribution in [0.1, 0.15) is 12.8 Å². The summed E-state index contributed by atoms with van der Waals surface area (Å²) in [5.74, 6) is 0. The first-order valence-corrected chi connectivity index (χ1v) is 3.54. The Bertz CT molecular complexity index is 83.1. The second-order valence-electron chi connectivity index (χ2n) is 1.87. The Morgan fingerprint density at radius 1 is 1.56 bits per heavy atom. The highest BCUT2D eigenvalue weighted by atomic mass is 32.1. The van der Waals surface area contributed by atoms with Crippen molar-refractivity contribution in [3.05, 3.63) is 11.6 Å². The predicted octanol–water partition coefficient (Wildman–Crippen LogP) is 0.716. The Morgan fingerprint density at radius 3 is 2.67 bits per heavy atom. The van der Waals surface area contributed by atoms with E-state index in [2.05, 4.69) is 24.5 Å². The zero-order valence-corrected chi connectivity index (χ0v) is 6.45. The maximum atomic E-state index is 5.28. The minimum Gasteiger partial charge on any atom is -0.381 e. The van der Waals surface area contributed by atoms with Gasteiger partial charge in [0.15, 0.2) is 0 Å². The predicted molar refractivity (Wildman–Crippen MR) is 44.4 cm³/mol. The van der Waals surface area contributed by atoms with E-state index in [1.165, 1.54) is 0 Å². The van der Waals surface area contributed by atoms with E-state index in [0.29, 0.717) is 0 Å². The summed E-state index contributed by atoms with van der Waals surface area (Å²) in [6.07, 6.45) is 2.16. The lowest BCUT2D eigenvalue weighted by Crippen LogP contribution is -2.11. The fourth-order valence-electron chi connectivity index (χ4n) is 0.502. The number of thiol groups is 1. The van der Waals surface area contributed by atoms with E-state index in [9.17, 15) is 0 Å². The summed E-state index contributed by atoms with van der Waals surface area (Å²) in [5, 5.41) is 3.72. The van der Waals surface area contributed by atoms with Crippen LogP contribution < -0.4 is 11.1 Å². The van der Waals surface area contributed by atoms with E-state index in [0.717, 1.165) is 31.0 Å². The van der Waals surface area contributed by atoms with Crippen molar-refractivity contribution in [2.24, 2.45) is 5.73 Å². The van der Waals surface area contributed by atoms with Crippen LogP contribution in [0.3, 0.4) is 0 Å². The molecule has 0 radical (unpaired) electrons. The van der Waals surface area contributed by atoms with Gasteiger partial charge in [0.2, 0.25) is 0 Å². The SMILES string of the molecule is C=C(S)NCCCCN. The monoisotopic (exact) mass is 146 g/mol. The van der Waals surface area contributed by atoms with Gasteiger partial charge in [-0.15, -0.1) is 12.6 Å². The fourth-order valence-corrected chi connectivity index (χ4v) is 0.614. The van der Waals surface area contributed by atoms with Gasteiger partial charge in [0.05, 0.1) is 5.03 Å². The average Bonchev–Trinajstić information content (AvgIpc) is 1.80. The van der Waals surface area contributed by atoms with Crippen LogP contribution in [0.2, 0.25) is 0 Å². The van der Waals surface area contributed by atoms with Crippen molar-refractivity contribution < 1.29 is 0 Å². The fraction of sp³-hybridized carbons (Fsp3) is 0.667. The van der Waals surface area contributed by atoms with Crippen molar-refractivity contribution in [2.75, 3.05) is 13.1 Å². The van der Waals surface area contributed by atoms with Crippen LogP contribution >= 0.6 is 12.6 Å². The lowest BCUT2D eigenvalue weighted by molar-refractivity contribution is 0.700. The molecule has 0 unspecified atom stereocenters. The van der Waals surface area contributed by atoms with E-state index >= 15 is 0 Å². The van der Waals surface area contributed by atoms with Crippen LogP contribution in [-0.2, 0) is 0 Å². The lowest BCUT2D eigenvalue weighted by atomic mass is 10.3. The molecule has 0 rings (SSSR count). The topological polar surface area (TPSA) is 38.0 Å². The van der Waals surface area contributed by atoms with Crippen molar-refractivity contribution in [2.45, 2.75) is 12.8 Å². The Hall–Kier alpha value is -0.150. The molecule has 0 saturated carbocycles. The van der Waals surface area contributed by atoms with E-state index in [-0.39, 0.29) is 0 Å². The summed E-state index contributed by atoms with van der Waals surface area (Å²) in [6, 6.07) is 0. The molecular weight excluding hydrogens is 132 g/mol. The third kappa shape index (κ3) is 7.85. The quantitative estimate of drug-likeness (QED) is 0.395. The van der Waals surface area contributed by atoms with Gasteiger partial charge in [0.25, 0.3) is 0 Å². The first kappa shape index (κ1) is 8.85.